The molecule has 1 unspecified atom stereocenters. The van der Waals surface area contributed by atoms with Crippen LogP contribution in [-0.2, 0) is 6.42 Å². The molecule has 0 aliphatic carbocycles. The van der Waals surface area contributed by atoms with Crippen LogP contribution in [0.3, 0.4) is 0 Å². The standard InChI is InChI=1S/C17H31N3/c1-4-11-19-17(5-2)7-6-14-20(3)15-10-16-8-12-18-13-9-16/h8-9,12-13,17,19H,4-7,10-11,14-15H2,1-3H3. The Morgan fingerprint density at radius 3 is 2.60 bits per heavy atom. The highest BCUT2D eigenvalue weighted by atomic mass is 15.1. The molecule has 0 fully saturated rings. The van der Waals surface area contributed by atoms with Gasteiger partial charge in [-0.25, -0.2) is 0 Å². The van der Waals surface area contributed by atoms with Gasteiger partial charge in [-0.15, -0.1) is 0 Å². The fraction of sp³-hybridized carbons (Fsp3) is 0.706. The summed E-state index contributed by atoms with van der Waals surface area (Å²) in [6.07, 6.45) is 9.90. The lowest BCUT2D eigenvalue weighted by molar-refractivity contribution is 0.317. The number of aromatic nitrogens is 1. The number of hydrogen-bond acceptors (Lipinski definition) is 3. The first kappa shape index (κ1) is 17.1. The summed E-state index contributed by atoms with van der Waals surface area (Å²) >= 11 is 0. The van der Waals surface area contributed by atoms with E-state index >= 15 is 0 Å². The van der Waals surface area contributed by atoms with Gasteiger partial charge in [-0.1, -0.05) is 13.8 Å². The predicted molar refractivity (Wildman–Crippen MR) is 87.0 cm³/mol. The number of hydrogen-bond donors (Lipinski definition) is 1. The minimum atomic E-state index is 0.698. The molecule has 1 N–H and O–H groups in total. The van der Waals surface area contributed by atoms with Crippen LogP contribution in [0.15, 0.2) is 24.5 Å². The molecule has 114 valence electrons. The summed E-state index contributed by atoms with van der Waals surface area (Å²) in [4.78, 5) is 6.49. The van der Waals surface area contributed by atoms with Gasteiger partial charge in [-0.05, 0) is 69.9 Å². The average molecular weight is 277 g/mol. The number of nitrogens with one attached hydrogen (secondary N) is 1. The van der Waals surface area contributed by atoms with Crippen molar-refractivity contribution in [1.29, 1.82) is 0 Å². The minimum absolute atomic E-state index is 0.698. The normalized spacial score (nSPS) is 12.8. The zero-order valence-corrected chi connectivity index (χ0v) is 13.4. The molecular weight excluding hydrogens is 246 g/mol. The van der Waals surface area contributed by atoms with E-state index < -0.39 is 0 Å². The van der Waals surface area contributed by atoms with Crippen molar-refractivity contribution in [3.05, 3.63) is 30.1 Å². The molecule has 0 aromatic carbocycles. The Kier molecular flexibility index (Phi) is 9.25. The number of pyridine rings is 1. The molecule has 0 saturated heterocycles. The molecule has 20 heavy (non-hydrogen) atoms. The van der Waals surface area contributed by atoms with Crippen molar-refractivity contribution in [2.24, 2.45) is 0 Å². The van der Waals surface area contributed by atoms with Crippen molar-refractivity contribution in [2.75, 3.05) is 26.7 Å². The van der Waals surface area contributed by atoms with Gasteiger partial charge >= 0.3 is 0 Å². The van der Waals surface area contributed by atoms with E-state index in [-0.39, 0.29) is 0 Å². The van der Waals surface area contributed by atoms with Gasteiger partial charge in [0.05, 0.1) is 0 Å². The van der Waals surface area contributed by atoms with Crippen molar-refractivity contribution in [2.45, 2.75) is 52.0 Å². The van der Waals surface area contributed by atoms with E-state index in [9.17, 15) is 0 Å². The van der Waals surface area contributed by atoms with Crippen molar-refractivity contribution in [3.63, 3.8) is 0 Å². The Hall–Kier alpha value is -0.930. The molecule has 3 heteroatoms. The summed E-state index contributed by atoms with van der Waals surface area (Å²) in [6.45, 7) is 7.97. The molecule has 1 rings (SSSR count). The molecular formula is C17H31N3. The van der Waals surface area contributed by atoms with Crippen LogP contribution in [0.25, 0.3) is 0 Å². The summed E-state index contributed by atoms with van der Waals surface area (Å²) in [5.41, 5.74) is 1.38. The van der Waals surface area contributed by atoms with Crippen molar-refractivity contribution >= 4 is 0 Å². The third kappa shape index (κ3) is 7.61. The van der Waals surface area contributed by atoms with Crippen molar-refractivity contribution in [3.8, 4) is 0 Å². The van der Waals surface area contributed by atoms with Crippen LogP contribution in [0.2, 0.25) is 0 Å². The Labute approximate surface area is 124 Å². The Bertz CT molecular complexity index is 326. The molecule has 3 nitrogen and oxygen atoms in total. The number of likely N-dealkylation sites (N-methyl/N-ethyl adjacent to an activating group) is 1. The van der Waals surface area contributed by atoms with Crippen molar-refractivity contribution in [1.82, 2.24) is 15.2 Å². The molecule has 1 heterocycles. The second kappa shape index (κ2) is 10.8. The largest absolute Gasteiger partial charge is 0.314 e. The van der Waals surface area contributed by atoms with Crippen LogP contribution in [-0.4, -0.2) is 42.6 Å². The summed E-state index contributed by atoms with van der Waals surface area (Å²) in [6, 6.07) is 4.91. The molecule has 1 atom stereocenters. The van der Waals surface area contributed by atoms with Crippen LogP contribution in [0.4, 0.5) is 0 Å². The zero-order chi connectivity index (χ0) is 14.6. The third-order valence-electron chi connectivity index (χ3n) is 3.80. The highest BCUT2D eigenvalue weighted by Gasteiger charge is 2.05. The molecule has 0 aliphatic heterocycles. The Balaban J connectivity index is 2.11. The fourth-order valence-corrected chi connectivity index (χ4v) is 2.39. The van der Waals surface area contributed by atoms with Crippen LogP contribution < -0.4 is 5.32 Å². The van der Waals surface area contributed by atoms with Gasteiger partial charge in [-0.3, -0.25) is 4.98 Å². The first-order valence-electron chi connectivity index (χ1n) is 8.07. The lowest BCUT2D eigenvalue weighted by atomic mass is 10.1. The van der Waals surface area contributed by atoms with E-state index in [0.717, 1.165) is 19.5 Å². The van der Waals surface area contributed by atoms with E-state index in [1.54, 1.807) is 0 Å². The molecule has 0 bridgehead atoms. The second-order valence-corrected chi connectivity index (χ2v) is 5.61. The summed E-state index contributed by atoms with van der Waals surface area (Å²) in [5, 5.41) is 3.63. The van der Waals surface area contributed by atoms with Gasteiger partial charge in [0.25, 0.3) is 0 Å². The first-order chi connectivity index (χ1) is 9.76. The van der Waals surface area contributed by atoms with Crippen LogP contribution >= 0.6 is 0 Å². The monoisotopic (exact) mass is 277 g/mol. The average Bonchev–Trinajstić information content (AvgIpc) is 2.49. The van der Waals surface area contributed by atoms with Gasteiger partial charge in [-0.2, -0.15) is 0 Å². The van der Waals surface area contributed by atoms with E-state index in [1.807, 2.05) is 12.4 Å². The Morgan fingerprint density at radius 2 is 1.95 bits per heavy atom. The maximum atomic E-state index is 4.05. The molecule has 0 spiro atoms. The van der Waals surface area contributed by atoms with Crippen molar-refractivity contribution < 1.29 is 0 Å². The van der Waals surface area contributed by atoms with E-state index in [2.05, 4.69) is 48.2 Å². The summed E-state index contributed by atoms with van der Waals surface area (Å²) in [5.74, 6) is 0. The van der Waals surface area contributed by atoms with E-state index in [4.69, 9.17) is 0 Å². The summed E-state index contributed by atoms with van der Waals surface area (Å²) in [7, 11) is 2.22. The molecule has 0 amide bonds. The molecule has 1 aromatic rings. The molecule has 0 aliphatic rings. The number of rotatable bonds is 11. The third-order valence-corrected chi connectivity index (χ3v) is 3.80. The van der Waals surface area contributed by atoms with Crippen LogP contribution in [0, 0.1) is 0 Å². The fourth-order valence-electron chi connectivity index (χ4n) is 2.39. The van der Waals surface area contributed by atoms with E-state index in [0.29, 0.717) is 6.04 Å². The highest BCUT2D eigenvalue weighted by molar-refractivity contribution is 5.09. The molecule has 1 aromatic heterocycles. The topological polar surface area (TPSA) is 28.2 Å². The lowest BCUT2D eigenvalue weighted by Crippen LogP contribution is -2.30. The predicted octanol–water partition coefficient (Wildman–Crippen LogP) is 3.11. The summed E-state index contributed by atoms with van der Waals surface area (Å²) < 4.78 is 0. The smallest absolute Gasteiger partial charge is 0.0270 e. The SMILES string of the molecule is CCCNC(CC)CCCN(C)CCc1ccncc1. The highest BCUT2D eigenvalue weighted by Crippen LogP contribution is 2.04. The van der Waals surface area contributed by atoms with Crippen LogP contribution in [0.1, 0.15) is 45.1 Å². The second-order valence-electron chi connectivity index (χ2n) is 5.61. The van der Waals surface area contributed by atoms with Gasteiger partial charge in [0.1, 0.15) is 0 Å². The Morgan fingerprint density at radius 1 is 1.20 bits per heavy atom. The van der Waals surface area contributed by atoms with Crippen LogP contribution in [0.5, 0.6) is 0 Å². The number of nitrogens with zero attached hydrogens (tertiary/aromatic N) is 2. The zero-order valence-electron chi connectivity index (χ0n) is 13.4. The molecule has 0 saturated carbocycles. The van der Waals surface area contributed by atoms with E-state index in [1.165, 1.54) is 37.8 Å². The first-order valence-corrected chi connectivity index (χ1v) is 8.07. The maximum absolute atomic E-state index is 4.05. The van der Waals surface area contributed by atoms with Gasteiger partial charge in [0.2, 0.25) is 0 Å². The van der Waals surface area contributed by atoms with Gasteiger partial charge in [0.15, 0.2) is 0 Å². The minimum Gasteiger partial charge on any atom is -0.314 e. The molecule has 0 radical (unpaired) electrons. The quantitative estimate of drug-likeness (QED) is 0.673. The van der Waals surface area contributed by atoms with Gasteiger partial charge < -0.3 is 10.2 Å². The maximum Gasteiger partial charge on any atom is 0.0270 e. The lowest BCUT2D eigenvalue weighted by Gasteiger charge is -2.20. The van der Waals surface area contributed by atoms with Gasteiger partial charge in [0, 0.05) is 25.0 Å².